The van der Waals surface area contributed by atoms with Crippen LogP contribution in [0, 0.1) is 5.92 Å². The molecule has 0 aliphatic heterocycles. The highest BCUT2D eigenvalue weighted by Gasteiger charge is 2.32. The fourth-order valence-corrected chi connectivity index (χ4v) is 5.15. The molecule has 0 radical (unpaired) electrons. The van der Waals surface area contributed by atoms with Crippen molar-refractivity contribution in [1.29, 1.82) is 0 Å². The standard InChI is InChI=1S/C26H30N2O5/c1-16(13-25(30)31)27-24(29)14-17-7-6-12-23(17)28-26(32)33-15-22-20-10-4-2-8-18(20)19-9-3-5-11-21(19)22/h2-5,8-11,16-17,22-23H,6-7,12-15H2,1H3,(H,27,29)(H,28,32)(H,30,31). The zero-order chi connectivity index (χ0) is 23.4. The van der Waals surface area contributed by atoms with Crippen molar-refractivity contribution in [3.05, 3.63) is 59.7 Å². The predicted octanol–water partition coefficient (Wildman–Crippen LogP) is 4.06. The molecule has 2 aliphatic carbocycles. The van der Waals surface area contributed by atoms with Crippen LogP contribution < -0.4 is 10.6 Å². The fourth-order valence-electron chi connectivity index (χ4n) is 5.15. The molecule has 174 valence electrons. The van der Waals surface area contributed by atoms with E-state index in [1.165, 1.54) is 11.1 Å². The Morgan fingerprint density at radius 3 is 2.30 bits per heavy atom. The maximum atomic E-state index is 12.6. The molecule has 0 saturated heterocycles. The van der Waals surface area contributed by atoms with Crippen LogP contribution in [-0.2, 0) is 14.3 Å². The summed E-state index contributed by atoms with van der Waals surface area (Å²) in [5.74, 6) is -1.11. The molecule has 3 atom stereocenters. The van der Waals surface area contributed by atoms with Gasteiger partial charge < -0.3 is 20.5 Å². The van der Waals surface area contributed by atoms with Crippen LogP contribution in [0.4, 0.5) is 4.79 Å². The third kappa shape index (κ3) is 5.35. The quantitative estimate of drug-likeness (QED) is 0.563. The lowest BCUT2D eigenvalue weighted by molar-refractivity contribution is -0.137. The Labute approximate surface area is 193 Å². The second-order valence-electron chi connectivity index (χ2n) is 9.04. The number of carboxylic acid groups (broad SMARTS) is 1. The van der Waals surface area contributed by atoms with E-state index in [9.17, 15) is 14.4 Å². The minimum absolute atomic E-state index is 0.00373. The number of hydrogen-bond acceptors (Lipinski definition) is 4. The molecule has 1 fully saturated rings. The summed E-state index contributed by atoms with van der Waals surface area (Å²) in [6.45, 7) is 1.93. The lowest BCUT2D eigenvalue weighted by atomic mass is 9.98. The summed E-state index contributed by atoms with van der Waals surface area (Å²) < 4.78 is 5.65. The average Bonchev–Trinajstić information content (AvgIpc) is 3.33. The van der Waals surface area contributed by atoms with Gasteiger partial charge in [-0.1, -0.05) is 55.0 Å². The Hall–Kier alpha value is -3.35. The van der Waals surface area contributed by atoms with Gasteiger partial charge in [0, 0.05) is 24.4 Å². The first kappa shape index (κ1) is 22.8. The number of fused-ring (bicyclic) bond motifs is 3. The molecule has 0 bridgehead atoms. The van der Waals surface area contributed by atoms with Crippen LogP contribution in [0.15, 0.2) is 48.5 Å². The summed E-state index contributed by atoms with van der Waals surface area (Å²) in [6.07, 6.45) is 2.25. The minimum Gasteiger partial charge on any atom is -0.481 e. The van der Waals surface area contributed by atoms with E-state index in [1.807, 2.05) is 24.3 Å². The van der Waals surface area contributed by atoms with Crippen LogP contribution in [0.3, 0.4) is 0 Å². The third-order valence-electron chi connectivity index (χ3n) is 6.64. The lowest BCUT2D eigenvalue weighted by Gasteiger charge is -2.22. The molecule has 4 rings (SSSR count). The van der Waals surface area contributed by atoms with Crippen molar-refractivity contribution in [2.24, 2.45) is 5.92 Å². The third-order valence-corrected chi connectivity index (χ3v) is 6.64. The predicted molar refractivity (Wildman–Crippen MR) is 124 cm³/mol. The number of aliphatic carboxylic acids is 1. The van der Waals surface area contributed by atoms with Crippen molar-refractivity contribution in [2.75, 3.05) is 6.61 Å². The number of carboxylic acids is 1. The minimum atomic E-state index is -0.946. The molecule has 2 aliphatic rings. The van der Waals surface area contributed by atoms with E-state index in [2.05, 4.69) is 34.9 Å². The van der Waals surface area contributed by atoms with Gasteiger partial charge in [0.2, 0.25) is 5.91 Å². The van der Waals surface area contributed by atoms with Gasteiger partial charge in [0.1, 0.15) is 6.61 Å². The number of benzene rings is 2. The van der Waals surface area contributed by atoms with Crippen molar-refractivity contribution in [2.45, 2.75) is 57.0 Å². The van der Waals surface area contributed by atoms with E-state index < -0.39 is 18.1 Å². The first-order valence-corrected chi connectivity index (χ1v) is 11.5. The Morgan fingerprint density at radius 1 is 1.03 bits per heavy atom. The molecule has 7 nitrogen and oxygen atoms in total. The molecule has 0 heterocycles. The molecule has 7 heteroatoms. The van der Waals surface area contributed by atoms with E-state index >= 15 is 0 Å². The summed E-state index contributed by atoms with van der Waals surface area (Å²) in [4.78, 5) is 35.7. The SMILES string of the molecule is CC(CC(=O)O)NC(=O)CC1CCCC1NC(=O)OCC1c2ccccc2-c2ccccc21. The summed E-state index contributed by atoms with van der Waals surface area (Å²) in [5, 5.41) is 14.5. The van der Waals surface area contributed by atoms with Crippen molar-refractivity contribution in [3.8, 4) is 11.1 Å². The van der Waals surface area contributed by atoms with Gasteiger partial charge in [0.25, 0.3) is 0 Å². The van der Waals surface area contributed by atoms with Crippen molar-refractivity contribution < 1.29 is 24.2 Å². The van der Waals surface area contributed by atoms with Gasteiger partial charge in [-0.25, -0.2) is 4.79 Å². The number of hydrogen-bond donors (Lipinski definition) is 3. The van der Waals surface area contributed by atoms with Crippen molar-refractivity contribution >= 4 is 18.0 Å². The van der Waals surface area contributed by atoms with Gasteiger partial charge >= 0.3 is 12.1 Å². The van der Waals surface area contributed by atoms with Crippen LogP contribution in [0.2, 0.25) is 0 Å². The molecular formula is C26H30N2O5. The molecule has 2 amide bonds. The number of ether oxygens (including phenoxy) is 1. The van der Waals surface area contributed by atoms with Crippen LogP contribution in [0.1, 0.15) is 56.1 Å². The second kappa shape index (κ2) is 10.1. The van der Waals surface area contributed by atoms with Gasteiger partial charge in [-0.3, -0.25) is 9.59 Å². The van der Waals surface area contributed by atoms with Gasteiger partial charge in [-0.15, -0.1) is 0 Å². The number of rotatable bonds is 8. The van der Waals surface area contributed by atoms with E-state index in [0.717, 1.165) is 30.4 Å². The van der Waals surface area contributed by atoms with Gasteiger partial charge in [-0.05, 0) is 47.9 Å². The zero-order valence-corrected chi connectivity index (χ0v) is 18.8. The largest absolute Gasteiger partial charge is 0.481 e. The topological polar surface area (TPSA) is 105 Å². The van der Waals surface area contributed by atoms with Crippen molar-refractivity contribution in [3.63, 3.8) is 0 Å². The molecule has 33 heavy (non-hydrogen) atoms. The molecule has 2 aromatic rings. The molecule has 1 saturated carbocycles. The first-order chi connectivity index (χ1) is 15.9. The second-order valence-corrected chi connectivity index (χ2v) is 9.04. The van der Waals surface area contributed by atoms with Crippen LogP contribution >= 0.6 is 0 Å². The Kier molecular flexibility index (Phi) is 6.96. The summed E-state index contributed by atoms with van der Waals surface area (Å²) >= 11 is 0. The number of alkyl carbamates (subject to hydrolysis) is 1. The Morgan fingerprint density at radius 2 is 1.67 bits per heavy atom. The van der Waals surface area contributed by atoms with Crippen LogP contribution in [0.25, 0.3) is 11.1 Å². The monoisotopic (exact) mass is 450 g/mol. The highest BCUT2D eigenvalue weighted by Crippen LogP contribution is 2.44. The maximum absolute atomic E-state index is 12.6. The van der Waals surface area contributed by atoms with E-state index in [4.69, 9.17) is 9.84 Å². The highest BCUT2D eigenvalue weighted by atomic mass is 16.5. The average molecular weight is 451 g/mol. The van der Waals surface area contributed by atoms with Gasteiger partial charge in [0.15, 0.2) is 0 Å². The molecule has 2 aromatic carbocycles. The van der Waals surface area contributed by atoms with Crippen molar-refractivity contribution in [1.82, 2.24) is 10.6 Å². The van der Waals surface area contributed by atoms with E-state index in [-0.39, 0.29) is 43.2 Å². The number of nitrogens with one attached hydrogen (secondary N) is 2. The smallest absolute Gasteiger partial charge is 0.407 e. The normalized spacial score (nSPS) is 19.9. The molecule has 3 unspecified atom stereocenters. The van der Waals surface area contributed by atoms with Gasteiger partial charge in [0.05, 0.1) is 6.42 Å². The maximum Gasteiger partial charge on any atom is 0.407 e. The van der Waals surface area contributed by atoms with Gasteiger partial charge in [-0.2, -0.15) is 0 Å². The lowest BCUT2D eigenvalue weighted by Crippen LogP contribution is -2.41. The zero-order valence-electron chi connectivity index (χ0n) is 18.8. The molecule has 3 N–H and O–H groups in total. The Bertz CT molecular complexity index is 991. The molecular weight excluding hydrogens is 420 g/mol. The highest BCUT2D eigenvalue weighted by molar-refractivity contribution is 5.79. The van der Waals surface area contributed by atoms with Crippen LogP contribution in [0.5, 0.6) is 0 Å². The Balaban J connectivity index is 1.31. The summed E-state index contributed by atoms with van der Waals surface area (Å²) in [5.41, 5.74) is 4.69. The van der Waals surface area contributed by atoms with E-state index in [0.29, 0.717) is 0 Å². The summed E-state index contributed by atoms with van der Waals surface area (Å²) in [6, 6.07) is 15.9. The summed E-state index contributed by atoms with van der Waals surface area (Å²) in [7, 11) is 0. The molecule has 0 spiro atoms. The number of carbonyl (C=O) groups is 3. The van der Waals surface area contributed by atoms with E-state index in [1.54, 1.807) is 6.92 Å². The van der Waals surface area contributed by atoms with Crippen LogP contribution in [-0.4, -0.2) is 41.8 Å². The number of carbonyl (C=O) groups excluding carboxylic acids is 2. The number of amides is 2. The fraction of sp³-hybridized carbons (Fsp3) is 0.423. The molecule has 0 aromatic heterocycles. The first-order valence-electron chi connectivity index (χ1n) is 11.5.